The molecule has 1 unspecified atom stereocenters. The summed E-state index contributed by atoms with van der Waals surface area (Å²) >= 11 is 5.86. The van der Waals surface area contributed by atoms with E-state index in [-0.39, 0.29) is 24.8 Å². The molecule has 30 heavy (non-hydrogen) atoms. The zero-order chi connectivity index (χ0) is 21.3. The van der Waals surface area contributed by atoms with Crippen LogP contribution in [0.2, 0.25) is 0 Å². The lowest BCUT2D eigenvalue weighted by atomic mass is 10.0. The molecule has 6 heteroatoms. The van der Waals surface area contributed by atoms with Crippen LogP contribution in [0.4, 0.5) is 0 Å². The average molecular weight is 420 g/mol. The minimum Gasteiger partial charge on any atom is -0.353 e. The van der Waals surface area contributed by atoms with Crippen molar-refractivity contribution in [2.24, 2.45) is 0 Å². The van der Waals surface area contributed by atoms with Crippen molar-refractivity contribution in [3.63, 3.8) is 0 Å². The molecular formula is C24H22ClN3O2. The first-order valence-electron chi connectivity index (χ1n) is 9.69. The number of carbonyl (C=O) groups is 2. The monoisotopic (exact) mass is 419 g/mol. The number of nitrogens with one attached hydrogen (secondary N) is 2. The summed E-state index contributed by atoms with van der Waals surface area (Å²) in [6.07, 6.45) is 0.546. The maximum absolute atomic E-state index is 12.8. The fourth-order valence-electron chi connectivity index (χ4n) is 3.21. The van der Waals surface area contributed by atoms with Gasteiger partial charge in [-0.05, 0) is 34.0 Å². The third kappa shape index (κ3) is 5.59. The molecule has 3 aromatic carbocycles. The van der Waals surface area contributed by atoms with E-state index in [1.807, 2.05) is 54.6 Å². The first-order valence-corrected chi connectivity index (χ1v) is 10.2. The number of nitrogens with zero attached hydrogens (tertiary/aromatic N) is 1. The van der Waals surface area contributed by atoms with Crippen molar-refractivity contribution in [3.05, 3.63) is 83.4 Å². The topological polar surface area (TPSA) is 82.0 Å². The van der Waals surface area contributed by atoms with Gasteiger partial charge in [-0.25, -0.2) is 0 Å². The number of benzene rings is 3. The predicted octanol–water partition coefficient (Wildman–Crippen LogP) is 3.95. The summed E-state index contributed by atoms with van der Waals surface area (Å²) in [7, 11) is 0. The van der Waals surface area contributed by atoms with Gasteiger partial charge in [-0.3, -0.25) is 9.59 Å². The molecule has 0 spiro atoms. The molecule has 0 aliphatic rings. The van der Waals surface area contributed by atoms with Crippen molar-refractivity contribution < 1.29 is 9.59 Å². The Morgan fingerprint density at radius 2 is 1.77 bits per heavy atom. The molecule has 0 aromatic heterocycles. The number of alkyl halides is 1. The fraction of sp³-hybridized carbons (Fsp3) is 0.208. The largest absolute Gasteiger partial charge is 0.353 e. The van der Waals surface area contributed by atoms with Gasteiger partial charge in [0.2, 0.25) is 5.91 Å². The fourth-order valence-corrected chi connectivity index (χ4v) is 3.38. The summed E-state index contributed by atoms with van der Waals surface area (Å²) in [5, 5.41) is 16.4. The van der Waals surface area contributed by atoms with Gasteiger partial charge in [-0.1, -0.05) is 54.6 Å². The van der Waals surface area contributed by atoms with E-state index < -0.39 is 6.04 Å². The third-order valence-corrected chi connectivity index (χ3v) is 5.06. The second-order valence-electron chi connectivity index (χ2n) is 6.94. The lowest BCUT2D eigenvalue weighted by Gasteiger charge is -2.19. The van der Waals surface area contributed by atoms with Crippen molar-refractivity contribution in [3.8, 4) is 6.07 Å². The van der Waals surface area contributed by atoms with Crippen molar-refractivity contribution in [1.29, 1.82) is 5.26 Å². The molecular weight excluding hydrogens is 398 g/mol. The highest BCUT2D eigenvalue weighted by molar-refractivity contribution is 6.17. The van der Waals surface area contributed by atoms with Crippen LogP contribution in [-0.2, 0) is 17.1 Å². The number of nitriles is 1. The number of fused-ring (bicyclic) bond motifs is 1. The highest BCUT2D eigenvalue weighted by atomic mass is 35.5. The van der Waals surface area contributed by atoms with Gasteiger partial charge in [0.25, 0.3) is 5.91 Å². The summed E-state index contributed by atoms with van der Waals surface area (Å²) in [4.78, 5) is 25.5. The SMILES string of the molecule is N#CCCNC(=O)C(Cc1ccc2ccccc2c1)NC(=O)c1cccc(CCl)c1. The minimum absolute atomic E-state index is 0.208. The number of carbonyl (C=O) groups excluding carboxylic acids is 2. The van der Waals surface area contributed by atoms with Gasteiger partial charge in [-0.15, -0.1) is 11.6 Å². The number of hydrogen-bond acceptors (Lipinski definition) is 3. The minimum atomic E-state index is -0.767. The molecule has 0 fully saturated rings. The van der Waals surface area contributed by atoms with Crippen LogP contribution in [0.25, 0.3) is 10.8 Å². The van der Waals surface area contributed by atoms with Gasteiger partial charge < -0.3 is 10.6 Å². The predicted molar refractivity (Wildman–Crippen MR) is 118 cm³/mol. The van der Waals surface area contributed by atoms with Crippen LogP contribution in [0.3, 0.4) is 0 Å². The van der Waals surface area contributed by atoms with Crippen LogP contribution in [0.5, 0.6) is 0 Å². The van der Waals surface area contributed by atoms with Crippen molar-refractivity contribution in [1.82, 2.24) is 10.6 Å². The van der Waals surface area contributed by atoms with E-state index in [1.54, 1.807) is 18.2 Å². The summed E-state index contributed by atoms with van der Waals surface area (Å²) in [5.74, 6) is -0.362. The second-order valence-corrected chi connectivity index (χ2v) is 7.21. The molecule has 0 aliphatic heterocycles. The molecule has 0 aliphatic carbocycles. The van der Waals surface area contributed by atoms with Crippen LogP contribution in [-0.4, -0.2) is 24.4 Å². The summed E-state index contributed by atoms with van der Waals surface area (Å²) in [6.45, 7) is 0.237. The number of hydrogen-bond donors (Lipinski definition) is 2. The third-order valence-electron chi connectivity index (χ3n) is 4.76. The van der Waals surface area contributed by atoms with E-state index in [1.165, 1.54) is 0 Å². The van der Waals surface area contributed by atoms with Crippen molar-refractivity contribution in [2.75, 3.05) is 6.54 Å². The number of halogens is 1. The van der Waals surface area contributed by atoms with Gasteiger partial charge >= 0.3 is 0 Å². The first kappa shape index (κ1) is 21.4. The Labute approximate surface area is 180 Å². The Hall–Kier alpha value is -3.36. The van der Waals surface area contributed by atoms with E-state index in [2.05, 4.69) is 10.6 Å². The standard InChI is InChI=1S/C24H22ClN3O2/c25-16-18-5-3-8-21(14-18)23(29)28-22(24(30)27-12-4-11-26)15-17-9-10-19-6-1-2-7-20(19)13-17/h1-3,5-10,13-14,22H,4,12,15-16H2,(H,27,30)(H,28,29). The lowest BCUT2D eigenvalue weighted by Crippen LogP contribution is -2.48. The second kappa shape index (κ2) is 10.4. The zero-order valence-corrected chi connectivity index (χ0v) is 17.2. The molecule has 3 aromatic rings. The Morgan fingerprint density at radius 1 is 0.967 bits per heavy atom. The van der Waals surface area contributed by atoms with Gasteiger partial charge in [-0.2, -0.15) is 5.26 Å². The molecule has 2 N–H and O–H groups in total. The van der Waals surface area contributed by atoms with Gasteiger partial charge in [0.15, 0.2) is 0 Å². The van der Waals surface area contributed by atoms with E-state index in [0.29, 0.717) is 17.9 Å². The van der Waals surface area contributed by atoms with E-state index >= 15 is 0 Å². The molecule has 0 bridgehead atoms. The maximum atomic E-state index is 12.8. The van der Waals surface area contributed by atoms with Crippen molar-refractivity contribution in [2.45, 2.75) is 24.8 Å². The molecule has 3 rings (SSSR count). The first-order chi connectivity index (χ1) is 14.6. The molecule has 0 saturated heterocycles. The molecule has 152 valence electrons. The molecule has 0 radical (unpaired) electrons. The zero-order valence-electron chi connectivity index (χ0n) is 16.4. The average Bonchev–Trinajstić information content (AvgIpc) is 2.78. The quantitative estimate of drug-likeness (QED) is 0.428. The van der Waals surface area contributed by atoms with Crippen LogP contribution in [0.15, 0.2) is 66.7 Å². The van der Waals surface area contributed by atoms with E-state index in [4.69, 9.17) is 16.9 Å². The Kier molecular flexibility index (Phi) is 7.42. The van der Waals surface area contributed by atoms with Crippen LogP contribution < -0.4 is 10.6 Å². The van der Waals surface area contributed by atoms with Crippen LogP contribution in [0, 0.1) is 11.3 Å². The smallest absolute Gasteiger partial charge is 0.251 e. The normalized spacial score (nSPS) is 11.5. The summed E-state index contributed by atoms with van der Waals surface area (Å²) in [6, 6.07) is 22.2. The number of rotatable bonds is 8. The Morgan fingerprint density at radius 3 is 2.53 bits per heavy atom. The maximum Gasteiger partial charge on any atom is 0.251 e. The van der Waals surface area contributed by atoms with Crippen LogP contribution >= 0.6 is 11.6 Å². The Bertz CT molecular complexity index is 1090. The van der Waals surface area contributed by atoms with Gasteiger partial charge in [0.05, 0.1) is 12.5 Å². The molecule has 0 saturated carbocycles. The summed E-state index contributed by atoms with van der Waals surface area (Å²) in [5.41, 5.74) is 2.21. The van der Waals surface area contributed by atoms with Crippen molar-refractivity contribution >= 4 is 34.2 Å². The highest BCUT2D eigenvalue weighted by Crippen LogP contribution is 2.17. The molecule has 1 atom stereocenters. The lowest BCUT2D eigenvalue weighted by molar-refractivity contribution is -0.122. The van der Waals surface area contributed by atoms with E-state index in [0.717, 1.165) is 21.9 Å². The number of amides is 2. The Balaban J connectivity index is 1.80. The highest BCUT2D eigenvalue weighted by Gasteiger charge is 2.22. The van der Waals surface area contributed by atoms with Gasteiger partial charge in [0.1, 0.15) is 6.04 Å². The summed E-state index contributed by atoms with van der Waals surface area (Å²) < 4.78 is 0. The molecule has 2 amide bonds. The molecule has 5 nitrogen and oxygen atoms in total. The molecule has 0 heterocycles. The van der Waals surface area contributed by atoms with Gasteiger partial charge in [0, 0.05) is 24.4 Å². The van der Waals surface area contributed by atoms with Crippen LogP contribution in [0.1, 0.15) is 27.9 Å². The van der Waals surface area contributed by atoms with E-state index in [9.17, 15) is 9.59 Å².